The van der Waals surface area contributed by atoms with Gasteiger partial charge in [0.1, 0.15) is 12.4 Å². The fourth-order valence-corrected chi connectivity index (χ4v) is 3.24. The molecule has 8 heteroatoms. The zero-order chi connectivity index (χ0) is 15.8. The van der Waals surface area contributed by atoms with Gasteiger partial charge in [0.05, 0.1) is 19.5 Å². The molecule has 0 radical (unpaired) electrons. The van der Waals surface area contributed by atoms with Gasteiger partial charge in [0.15, 0.2) is 0 Å². The standard InChI is InChI=1S/C15H15N5O2S/c1-10-5-14(20-15(18-10)16-9-17-20)22-11-7-19(8-11)13(21)6-12-3-2-4-23-12/h2-5,9,11H,6-8H2,1H3. The third-order valence-corrected chi connectivity index (χ3v) is 4.62. The van der Waals surface area contributed by atoms with Crippen molar-refractivity contribution in [2.75, 3.05) is 13.1 Å². The molecule has 0 N–H and O–H groups in total. The van der Waals surface area contributed by atoms with Crippen molar-refractivity contribution in [3.63, 3.8) is 0 Å². The molecule has 0 aromatic carbocycles. The van der Waals surface area contributed by atoms with Crippen molar-refractivity contribution in [2.45, 2.75) is 19.4 Å². The molecule has 0 bridgehead atoms. The van der Waals surface area contributed by atoms with Crippen LogP contribution in [-0.2, 0) is 11.2 Å². The molecule has 0 spiro atoms. The molecule has 3 aromatic rings. The number of thiophene rings is 1. The van der Waals surface area contributed by atoms with Gasteiger partial charge in [-0.25, -0.2) is 4.98 Å². The van der Waals surface area contributed by atoms with E-state index in [1.54, 1.807) is 15.9 Å². The lowest BCUT2D eigenvalue weighted by molar-refractivity contribution is -0.139. The summed E-state index contributed by atoms with van der Waals surface area (Å²) in [7, 11) is 0. The normalized spacial score (nSPS) is 14.9. The van der Waals surface area contributed by atoms with Gasteiger partial charge in [-0.05, 0) is 18.4 Å². The van der Waals surface area contributed by atoms with E-state index in [1.165, 1.54) is 6.33 Å². The van der Waals surface area contributed by atoms with Gasteiger partial charge < -0.3 is 9.64 Å². The van der Waals surface area contributed by atoms with E-state index in [4.69, 9.17) is 4.74 Å². The van der Waals surface area contributed by atoms with Crippen LogP contribution in [0.3, 0.4) is 0 Å². The van der Waals surface area contributed by atoms with Crippen molar-refractivity contribution in [3.8, 4) is 5.88 Å². The number of carbonyl (C=O) groups is 1. The number of carbonyl (C=O) groups excluding carboxylic acids is 1. The average molecular weight is 329 g/mol. The number of nitrogens with zero attached hydrogens (tertiary/aromatic N) is 5. The largest absolute Gasteiger partial charge is 0.470 e. The van der Waals surface area contributed by atoms with E-state index >= 15 is 0 Å². The highest BCUT2D eigenvalue weighted by atomic mass is 32.1. The number of likely N-dealkylation sites (tertiary alicyclic amines) is 1. The maximum Gasteiger partial charge on any atom is 0.255 e. The van der Waals surface area contributed by atoms with Crippen LogP contribution >= 0.6 is 11.3 Å². The van der Waals surface area contributed by atoms with E-state index < -0.39 is 0 Å². The number of amides is 1. The Balaban J connectivity index is 1.38. The number of hydrogen-bond donors (Lipinski definition) is 0. The van der Waals surface area contributed by atoms with Crippen LogP contribution in [-0.4, -0.2) is 49.6 Å². The SMILES string of the molecule is Cc1cc(OC2CN(C(=O)Cc3cccs3)C2)n2ncnc2n1. The summed E-state index contributed by atoms with van der Waals surface area (Å²) in [5, 5.41) is 6.10. The Bertz CT molecular complexity index is 839. The molecule has 0 aliphatic carbocycles. The van der Waals surface area contributed by atoms with E-state index in [9.17, 15) is 4.79 Å². The summed E-state index contributed by atoms with van der Waals surface area (Å²) in [4.78, 5) is 23.4. The molecule has 7 nitrogen and oxygen atoms in total. The van der Waals surface area contributed by atoms with Crippen LogP contribution in [0.5, 0.6) is 5.88 Å². The van der Waals surface area contributed by atoms with Crippen molar-refractivity contribution in [1.29, 1.82) is 0 Å². The molecule has 0 unspecified atom stereocenters. The van der Waals surface area contributed by atoms with E-state index in [2.05, 4.69) is 15.1 Å². The molecule has 1 aliphatic rings. The van der Waals surface area contributed by atoms with Crippen LogP contribution < -0.4 is 4.74 Å². The molecular weight excluding hydrogens is 314 g/mol. The van der Waals surface area contributed by atoms with E-state index in [-0.39, 0.29) is 12.0 Å². The lowest BCUT2D eigenvalue weighted by Crippen LogP contribution is -2.56. The second kappa shape index (κ2) is 5.62. The fourth-order valence-electron chi connectivity index (χ4n) is 2.54. The van der Waals surface area contributed by atoms with Crippen LogP contribution in [0.2, 0.25) is 0 Å². The quantitative estimate of drug-likeness (QED) is 0.722. The molecule has 3 aromatic heterocycles. The zero-order valence-corrected chi connectivity index (χ0v) is 13.4. The number of aromatic nitrogens is 4. The Hall–Kier alpha value is -2.48. The van der Waals surface area contributed by atoms with Gasteiger partial charge in [0.2, 0.25) is 11.8 Å². The Morgan fingerprint density at radius 2 is 2.35 bits per heavy atom. The summed E-state index contributed by atoms with van der Waals surface area (Å²) in [5.74, 6) is 1.27. The topological polar surface area (TPSA) is 72.6 Å². The van der Waals surface area contributed by atoms with E-state index in [0.29, 0.717) is 31.2 Å². The van der Waals surface area contributed by atoms with Gasteiger partial charge in [-0.15, -0.1) is 11.3 Å². The Labute approximate surface area is 136 Å². The van der Waals surface area contributed by atoms with E-state index in [1.807, 2.05) is 35.4 Å². The van der Waals surface area contributed by atoms with Gasteiger partial charge in [0, 0.05) is 16.6 Å². The summed E-state index contributed by atoms with van der Waals surface area (Å²) < 4.78 is 7.52. The fraction of sp³-hybridized carbons (Fsp3) is 0.333. The smallest absolute Gasteiger partial charge is 0.255 e. The first-order valence-electron chi connectivity index (χ1n) is 7.33. The third kappa shape index (κ3) is 2.77. The Morgan fingerprint density at radius 1 is 1.48 bits per heavy atom. The summed E-state index contributed by atoms with van der Waals surface area (Å²) in [6.45, 7) is 3.09. The van der Waals surface area contributed by atoms with Gasteiger partial charge in [-0.3, -0.25) is 4.79 Å². The summed E-state index contributed by atoms with van der Waals surface area (Å²) in [6, 6.07) is 5.78. The van der Waals surface area contributed by atoms with Crippen molar-refractivity contribution in [2.24, 2.45) is 0 Å². The van der Waals surface area contributed by atoms with Crippen molar-refractivity contribution in [3.05, 3.63) is 40.5 Å². The lowest BCUT2D eigenvalue weighted by atomic mass is 10.1. The van der Waals surface area contributed by atoms with Crippen molar-refractivity contribution >= 4 is 23.0 Å². The molecule has 118 valence electrons. The van der Waals surface area contributed by atoms with Gasteiger partial charge in [-0.1, -0.05) is 6.07 Å². The van der Waals surface area contributed by atoms with Gasteiger partial charge >= 0.3 is 0 Å². The molecular formula is C15H15N5O2S. The molecule has 4 heterocycles. The minimum Gasteiger partial charge on any atom is -0.470 e. The molecule has 1 fully saturated rings. The van der Waals surface area contributed by atoms with E-state index in [0.717, 1.165) is 10.6 Å². The first-order chi connectivity index (χ1) is 11.2. The van der Waals surface area contributed by atoms with Crippen LogP contribution in [0, 0.1) is 6.92 Å². The van der Waals surface area contributed by atoms with Crippen LogP contribution in [0.1, 0.15) is 10.6 Å². The number of hydrogen-bond acceptors (Lipinski definition) is 6. The summed E-state index contributed by atoms with van der Waals surface area (Å²) in [5.41, 5.74) is 0.824. The van der Waals surface area contributed by atoms with Crippen LogP contribution in [0.25, 0.3) is 5.78 Å². The van der Waals surface area contributed by atoms with Gasteiger partial charge in [-0.2, -0.15) is 14.6 Å². The number of ether oxygens (including phenoxy) is 1. The molecule has 0 atom stereocenters. The predicted molar refractivity (Wildman–Crippen MR) is 84.5 cm³/mol. The minimum absolute atomic E-state index is 0.0171. The number of fused-ring (bicyclic) bond motifs is 1. The third-order valence-electron chi connectivity index (χ3n) is 3.74. The Morgan fingerprint density at radius 3 is 3.13 bits per heavy atom. The predicted octanol–water partition coefficient (Wildman–Crippen LogP) is 1.33. The Kier molecular flexibility index (Phi) is 3.45. The van der Waals surface area contributed by atoms with Crippen molar-refractivity contribution < 1.29 is 9.53 Å². The molecule has 0 saturated carbocycles. The van der Waals surface area contributed by atoms with Gasteiger partial charge in [0.25, 0.3) is 5.78 Å². The van der Waals surface area contributed by atoms with Crippen molar-refractivity contribution in [1.82, 2.24) is 24.5 Å². The monoisotopic (exact) mass is 329 g/mol. The van der Waals surface area contributed by atoms with Crippen LogP contribution in [0.15, 0.2) is 29.9 Å². The molecule has 1 saturated heterocycles. The summed E-state index contributed by atoms with van der Waals surface area (Å²) in [6.07, 6.45) is 1.90. The second-order valence-corrected chi connectivity index (χ2v) is 6.53. The molecule has 1 amide bonds. The lowest BCUT2D eigenvalue weighted by Gasteiger charge is -2.38. The second-order valence-electron chi connectivity index (χ2n) is 5.50. The molecule has 4 rings (SSSR count). The summed E-state index contributed by atoms with van der Waals surface area (Å²) >= 11 is 1.61. The number of aryl methyl sites for hydroxylation is 1. The highest BCUT2D eigenvalue weighted by Gasteiger charge is 2.32. The number of rotatable bonds is 4. The first kappa shape index (κ1) is 14.1. The molecule has 1 aliphatic heterocycles. The maximum absolute atomic E-state index is 12.2. The molecule has 23 heavy (non-hydrogen) atoms. The highest BCUT2D eigenvalue weighted by molar-refractivity contribution is 7.10. The average Bonchev–Trinajstić information content (AvgIpc) is 3.12. The maximum atomic E-state index is 12.2. The van der Waals surface area contributed by atoms with Crippen LogP contribution in [0.4, 0.5) is 0 Å². The zero-order valence-electron chi connectivity index (χ0n) is 12.5. The first-order valence-corrected chi connectivity index (χ1v) is 8.21. The highest BCUT2D eigenvalue weighted by Crippen LogP contribution is 2.20. The minimum atomic E-state index is -0.0171.